The van der Waals surface area contributed by atoms with Crippen molar-refractivity contribution in [1.82, 2.24) is 0 Å². The van der Waals surface area contributed by atoms with E-state index in [1.807, 2.05) is 24.3 Å². The van der Waals surface area contributed by atoms with Crippen LogP contribution in [-0.4, -0.2) is 7.11 Å². The van der Waals surface area contributed by atoms with Gasteiger partial charge in [-0.3, -0.25) is 0 Å². The fourth-order valence-corrected chi connectivity index (χ4v) is 1.57. The Labute approximate surface area is 91.5 Å². The van der Waals surface area contributed by atoms with Gasteiger partial charge in [0, 0.05) is 0 Å². The number of rotatable bonds is 5. The summed E-state index contributed by atoms with van der Waals surface area (Å²) in [5.41, 5.74) is 1.06. The van der Waals surface area contributed by atoms with Crippen LogP contribution in [0.3, 0.4) is 0 Å². The SMILES string of the molecule is CCCC[C@H](C#N)c1cccc(OC)c1. The second-order valence-electron chi connectivity index (χ2n) is 3.60. The highest BCUT2D eigenvalue weighted by Crippen LogP contribution is 2.24. The molecule has 0 unspecified atom stereocenters. The van der Waals surface area contributed by atoms with E-state index in [9.17, 15) is 0 Å². The highest BCUT2D eigenvalue weighted by molar-refractivity contribution is 5.33. The van der Waals surface area contributed by atoms with Gasteiger partial charge in [0.1, 0.15) is 5.75 Å². The topological polar surface area (TPSA) is 33.0 Å². The van der Waals surface area contributed by atoms with Crippen LogP contribution in [0.25, 0.3) is 0 Å². The fourth-order valence-electron chi connectivity index (χ4n) is 1.57. The summed E-state index contributed by atoms with van der Waals surface area (Å²) in [6.45, 7) is 2.14. The van der Waals surface area contributed by atoms with Crippen molar-refractivity contribution in [2.24, 2.45) is 0 Å². The number of nitrogens with zero attached hydrogens (tertiary/aromatic N) is 1. The first-order valence-electron chi connectivity index (χ1n) is 5.35. The number of methoxy groups -OCH3 is 1. The van der Waals surface area contributed by atoms with Crippen LogP contribution in [-0.2, 0) is 0 Å². The van der Waals surface area contributed by atoms with E-state index in [4.69, 9.17) is 10.00 Å². The van der Waals surface area contributed by atoms with Gasteiger partial charge in [0.15, 0.2) is 0 Å². The number of hydrogen-bond acceptors (Lipinski definition) is 2. The first-order chi connectivity index (χ1) is 7.31. The standard InChI is InChI=1S/C13H17NO/c1-3-4-6-12(10-14)11-7-5-8-13(9-11)15-2/h5,7-9,12H,3-4,6H2,1-2H3/t12-/m1/s1. The van der Waals surface area contributed by atoms with Crippen molar-refractivity contribution >= 4 is 0 Å². The smallest absolute Gasteiger partial charge is 0.119 e. The quantitative estimate of drug-likeness (QED) is 0.733. The molecule has 2 nitrogen and oxygen atoms in total. The molecule has 0 aliphatic carbocycles. The lowest BCUT2D eigenvalue weighted by Gasteiger charge is -2.09. The average molecular weight is 203 g/mol. The Bertz CT molecular complexity index is 341. The molecular formula is C13H17NO. The van der Waals surface area contributed by atoms with Crippen molar-refractivity contribution < 1.29 is 4.74 Å². The van der Waals surface area contributed by atoms with Crippen LogP contribution in [0.1, 0.15) is 37.7 Å². The van der Waals surface area contributed by atoms with Crippen LogP contribution < -0.4 is 4.74 Å². The molecule has 1 rings (SSSR count). The predicted molar refractivity (Wildman–Crippen MR) is 60.9 cm³/mol. The summed E-state index contributed by atoms with van der Waals surface area (Å²) in [6, 6.07) is 10.1. The van der Waals surface area contributed by atoms with Gasteiger partial charge >= 0.3 is 0 Å². The molecule has 2 heteroatoms. The zero-order valence-corrected chi connectivity index (χ0v) is 9.36. The van der Waals surface area contributed by atoms with Crippen LogP contribution in [0.2, 0.25) is 0 Å². The predicted octanol–water partition coefficient (Wildman–Crippen LogP) is 3.49. The molecule has 0 saturated carbocycles. The molecule has 0 fully saturated rings. The molecule has 0 spiro atoms. The Kier molecular flexibility index (Phi) is 4.70. The highest BCUT2D eigenvalue weighted by atomic mass is 16.5. The lowest BCUT2D eigenvalue weighted by atomic mass is 9.95. The lowest BCUT2D eigenvalue weighted by Crippen LogP contribution is -1.96. The first kappa shape index (κ1) is 11.6. The van der Waals surface area contributed by atoms with Crippen LogP contribution in [0.15, 0.2) is 24.3 Å². The maximum atomic E-state index is 9.08. The average Bonchev–Trinajstić information content (AvgIpc) is 2.30. The van der Waals surface area contributed by atoms with Crippen LogP contribution in [0.5, 0.6) is 5.75 Å². The fraction of sp³-hybridized carbons (Fsp3) is 0.462. The molecule has 0 aliphatic rings. The second kappa shape index (κ2) is 6.08. The van der Waals surface area contributed by atoms with Crippen molar-refractivity contribution in [1.29, 1.82) is 5.26 Å². The van der Waals surface area contributed by atoms with Crippen molar-refractivity contribution in [2.45, 2.75) is 32.1 Å². The highest BCUT2D eigenvalue weighted by Gasteiger charge is 2.10. The molecule has 0 aromatic heterocycles. The summed E-state index contributed by atoms with van der Waals surface area (Å²) >= 11 is 0. The van der Waals surface area contributed by atoms with Gasteiger partial charge in [-0.05, 0) is 24.1 Å². The normalized spacial score (nSPS) is 11.8. The Morgan fingerprint density at radius 3 is 2.87 bits per heavy atom. The Balaban J connectivity index is 2.78. The van der Waals surface area contributed by atoms with E-state index in [-0.39, 0.29) is 5.92 Å². The molecule has 0 bridgehead atoms. The number of unbranched alkanes of at least 4 members (excludes halogenated alkanes) is 1. The molecule has 0 amide bonds. The third kappa shape index (κ3) is 3.28. The van der Waals surface area contributed by atoms with Crippen molar-refractivity contribution in [2.75, 3.05) is 7.11 Å². The summed E-state index contributed by atoms with van der Waals surface area (Å²) in [7, 11) is 1.65. The van der Waals surface area contributed by atoms with Gasteiger partial charge in [0.05, 0.1) is 19.1 Å². The molecule has 1 atom stereocenters. The molecule has 0 saturated heterocycles. The minimum Gasteiger partial charge on any atom is -0.497 e. The van der Waals surface area contributed by atoms with Crippen molar-refractivity contribution in [3.8, 4) is 11.8 Å². The number of nitriles is 1. The molecule has 0 N–H and O–H groups in total. The minimum atomic E-state index is 0.0000463. The van der Waals surface area contributed by atoms with Gasteiger partial charge in [-0.2, -0.15) is 5.26 Å². The van der Waals surface area contributed by atoms with E-state index in [1.165, 1.54) is 0 Å². The zero-order valence-electron chi connectivity index (χ0n) is 9.36. The van der Waals surface area contributed by atoms with Gasteiger partial charge in [-0.25, -0.2) is 0 Å². The van der Waals surface area contributed by atoms with Gasteiger partial charge in [-0.1, -0.05) is 31.9 Å². The molecule has 0 heterocycles. The third-order valence-corrected chi connectivity index (χ3v) is 2.50. The van der Waals surface area contributed by atoms with Gasteiger partial charge in [-0.15, -0.1) is 0 Å². The Morgan fingerprint density at radius 2 is 2.27 bits per heavy atom. The van der Waals surface area contributed by atoms with E-state index < -0.39 is 0 Å². The summed E-state index contributed by atoms with van der Waals surface area (Å²) in [4.78, 5) is 0. The largest absolute Gasteiger partial charge is 0.497 e. The van der Waals surface area contributed by atoms with E-state index in [0.29, 0.717) is 0 Å². The molecule has 1 aromatic carbocycles. The van der Waals surface area contributed by atoms with E-state index >= 15 is 0 Å². The van der Waals surface area contributed by atoms with Crippen molar-refractivity contribution in [3.63, 3.8) is 0 Å². The van der Waals surface area contributed by atoms with E-state index in [0.717, 1.165) is 30.6 Å². The molecular weight excluding hydrogens is 186 g/mol. The molecule has 80 valence electrons. The number of hydrogen-bond donors (Lipinski definition) is 0. The monoisotopic (exact) mass is 203 g/mol. The number of ether oxygens (including phenoxy) is 1. The van der Waals surface area contributed by atoms with Gasteiger partial charge in [0.25, 0.3) is 0 Å². The summed E-state index contributed by atoms with van der Waals surface area (Å²) in [5, 5.41) is 9.08. The molecule has 0 aliphatic heterocycles. The summed E-state index contributed by atoms with van der Waals surface area (Å²) in [5.74, 6) is 0.823. The summed E-state index contributed by atoms with van der Waals surface area (Å²) < 4.78 is 5.14. The number of benzene rings is 1. The van der Waals surface area contributed by atoms with E-state index in [1.54, 1.807) is 7.11 Å². The molecule has 15 heavy (non-hydrogen) atoms. The van der Waals surface area contributed by atoms with Crippen molar-refractivity contribution in [3.05, 3.63) is 29.8 Å². The maximum Gasteiger partial charge on any atom is 0.119 e. The van der Waals surface area contributed by atoms with E-state index in [2.05, 4.69) is 13.0 Å². The molecule has 1 aromatic rings. The second-order valence-corrected chi connectivity index (χ2v) is 3.60. The van der Waals surface area contributed by atoms with Crippen LogP contribution in [0, 0.1) is 11.3 Å². The first-order valence-corrected chi connectivity index (χ1v) is 5.35. The third-order valence-electron chi connectivity index (χ3n) is 2.50. The van der Waals surface area contributed by atoms with Crippen LogP contribution in [0.4, 0.5) is 0 Å². The minimum absolute atomic E-state index is 0.0000463. The Hall–Kier alpha value is -1.49. The summed E-state index contributed by atoms with van der Waals surface area (Å²) in [6.07, 6.45) is 3.15. The zero-order chi connectivity index (χ0) is 11.1. The molecule has 0 radical (unpaired) electrons. The van der Waals surface area contributed by atoms with Gasteiger partial charge < -0.3 is 4.74 Å². The van der Waals surface area contributed by atoms with Crippen LogP contribution >= 0.6 is 0 Å². The maximum absolute atomic E-state index is 9.08. The Morgan fingerprint density at radius 1 is 1.47 bits per heavy atom. The van der Waals surface area contributed by atoms with Gasteiger partial charge in [0.2, 0.25) is 0 Å². The lowest BCUT2D eigenvalue weighted by molar-refractivity contribution is 0.414.